The molecule has 0 spiro atoms. The third-order valence-electron chi connectivity index (χ3n) is 2.71. The van der Waals surface area contributed by atoms with Gasteiger partial charge < -0.3 is 15.4 Å². The molecule has 0 aliphatic heterocycles. The Morgan fingerprint density at radius 3 is 2.70 bits per heavy atom. The molecule has 4 nitrogen and oxygen atoms in total. The average molecular weight is 307 g/mol. The Balaban J connectivity index is 2.73. The molecule has 0 unspecified atom stereocenters. The number of amides is 2. The van der Waals surface area contributed by atoms with E-state index in [9.17, 15) is 13.6 Å². The standard InChI is InChI=1S/C13H17ClF2N2O2/c1-3-8(7-20-2)17-13(19)18-10-6-4-5-9(11(10)14)12(15)16/h4-6,8,12H,3,7H2,1-2H3,(H2,17,18,19)/t8-/m1/s1. The van der Waals surface area contributed by atoms with E-state index in [1.54, 1.807) is 0 Å². The van der Waals surface area contributed by atoms with Gasteiger partial charge in [-0.15, -0.1) is 0 Å². The van der Waals surface area contributed by atoms with Crippen molar-refractivity contribution in [3.8, 4) is 0 Å². The van der Waals surface area contributed by atoms with Gasteiger partial charge in [0.25, 0.3) is 6.43 Å². The topological polar surface area (TPSA) is 50.4 Å². The number of rotatable bonds is 6. The molecule has 0 aliphatic carbocycles. The number of carbonyl (C=O) groups excluding carboxylic acids is 1. The van der Waals surface area contributed by atoms with Gasteiger partial charge in [0.1, 0.15) is 0 Å². The average Bonchev–Trinajstić information content (AvgIpc) is 2.40. The molecule has 112 valence electrons. The van der Waals surface area contributed by atoms with E-state index in [2.05, 4.69) is 10.6 Å². The number of carbonyl (C=O) groups is 1. The van der Waals surface area contributed by atoms with Crippen LogP contribution in [0.1, 0.15) is 25.3 Å². The predicted octanol–water partition coefficient (Wildman–Crippen LogP) is 3.82. The first-order valence-electron chi connectivity index (χ1n) is 6.12. The van der Waals surface area contributed by atoms with Crippen molar-refractivity contribution in [2.45, 2.75) is 25.8 Å². The van der Waals surface area contributed by atoms with Crippen LogP contribution in [0.15, 0.2) is 18.2 Å². The lowest BCUT2D eigenvalue weighted by Gasteiger charge is -2.17. The number of nitrogens with one attached hydrogen (secondary N) is 2. The van der Waals surface area contributed by atoms with Crippen LogP contribution in [0.5, 0.6) is 0 Å². The summed E-state index contributed by atoms with van der Waals surface area (Å²) in [5.74, 6) is 0. The molecule has 0 heterocycles. The summed E-state index contributed by atoms with van der Waals surface area (Å²) in [6, 6.07) is 3.43. The van der Waals surface area contributed by atoms with E-state index in [1.165, 1.54) is 25.3 Å². The highest BCUT2D eigenvalue weighted by molar-refractivity contribution is 6.34. The summed E-state index contributed by atoms with van der Waals surface area (Å²) in [6.45, 7) is 2.27. The van der Waals surface area contributed by atoms with Crippen LogP contribution in [0.25, 0.3) is 0 Å². The fraction of sp³-hybridized carbons (Fsp3) is 0.462. The maximum absolute atomic E-state index is 12.7. The molecule has 1 rings (SSSR count). The number of benzene rings is 1. The van der Waals surface area contributed by atoms with Crippen molar-refractivity contribution in [1.29, 1.82) is 0 Å². The SMILES string of the molecule is CC[C@H](COC)NC(=O)Nc1cccc(C(F)F)c1Cl. The number of halogens is 3. The van der Waals surface area contributed by atoms with Crippen molar-refractivity contribution >= 4 is 23.3 Å². The van der Waals surface area contributed by atoms with Gasteiger partial charge in [0, 0.05) is 12.7 Å². The van der Waals surface area contributed by atoms with Gasteiger partial charge in [-0.05, 0) is 12.5 Å². The Hall–Kier alpha value is -1.40. The lowest BCUT2D eigenvalue weighted by molar-refractivity contribution is 0.151. The number of methoxy groups -OCH3 is 1. The Morgan fingerprint density at radius 2 is 2.15 bits per heavy atom. The Bertz CT molecular complexity index is 458. The van der Waals surface area contributed by atoms with Crippen LogP contribution < -0.4 is 10.6 Å². The number of ether oxygens (including phenoxy) is 1. The highest BCUT2D eigenvalue weighted by atomic mass is 35.5. The summed E-state index contributed by atoms with van der Waals surface area (Å²) >= 11 is 5.83. The molecule has 0 saturated heterocycles. The summed E-state index contributed by atoms with van der Waals surface area (Å²) in [4.78, 5) is 11.8. The second kappa shape index (κ2) is 8.01. The molecule has 20 heavy (non-hydrogen) atoms. The van der Waals surface area contributed by atoms with Gasteiger partial charge in [0.15, 0.2) is 0 Å². The van der Waals surface area contributed by atoms with Gasteiger partial charge in [0.2, 0.25) is 0 Å². The molecule has 0 saturated carbocycles. The van der Waals surface area contributed by atoms with Crippen molar-refractivity contribution in [1.82, 2.24) is 5.32 Å². The number of anilines is 1. The Kier molecular flexibility index (Phi) is 6.67. The molecular formula is C13H17ClF2N2O2. The second-order valence-corrected chi connectivity index (χ2v) is 4.55. The molecule has 0 aromatic heterocycles. The number of hydrogen-bond donors (Lipinski definition) is 2. The van der Waals surface area contributed by atoms with Crippen LogP contribution >= 0.6 is 11.6 Å². The van der Waals surface area contributed by atoms with Crippen LogP contribution in [0.3, 0.4) is 0 Å². The highest BCUT2D eigenvalue weighted by Crippen LogP contribution is 2.32. The molecule has 0 aliphatic rings. The van der Waals surface area contributed by atoms with E-state index < -0.39 is 12.5 Å². The number of hydrogen-bond acceptors (Lipinski definition) is 2. The maximum atomic E-state index is 12.7. The van der Waals surface area contributed by atoms with Gasteiger partial charge in [0.05, 0.1) is 23.4 Å². The summed E-state index contributed by atoms with van der Waals surface area (Å²) in [5.41, 5.74) is -0.164. The van der Waals surface area contributed by atoms with E-state index in [1.807, 2.05) is 6.92 Å². The fourth-order valence-corrected chi connectivity index (χ4v) is 1.88. The summed E-state index contributed by atoms with van der Waals surface area (Å²) < 4.78 is 30.3. The number of urea groups is 1. The zero-order chi connectivity index (χ0) is 15.1. The minimum Gasteiger partial charge on any atom is -0.383 e. The van der Waals surface area contributed by atoms with E-state index in [-0.39, 0.29) is 22.3 Å². The molecule has 2 amide bonds. The van der Waals surface area contributed by atoms with Crippen molar-refractivity contribution < 1.29 is 18.3 Å². The number of alkyl halides is 2. The maximum Gasteiger partial charge on any atom is 0.319 e. The van der Waals surface area contributed by atoms with Crippen LogP contribution in [0.4, 0.5) is 19.3 Å². The first-order valence-corrected chi connectivity index (χ1v) is 6.50. The lowest BCUT2D eigenvalue weighted by Crippen LogP contribution is -2.40. The van der Waals surface area contributed by atoms with Crippen molar-refractivity contribution in [3.63, 3.8) is 0 Å². The molecular weight excluding hydrogens is 290 g/mol. The van der Waals surface area contributed by atoms with Crippen LogP contribution in [0.2, 0.25) is 5.02 Å². The summed E-state index contributed by atoms with van der Waals surface area (Å²) in [7, 11) is 1.53. The quantitative estimate of drug-likeness (QED) is 0.839. The molecule has 0 radical (unpaired) electrons. The molecule has 7 heteroatoms. The molecule has 2 N–H and O–H groups in total. The first-order chi connectivity index (χ1) is 9.49. The zero-order valence-electron chi connectivity index (χ0n) is 11.3. The Labute approximate surface area is 121 Å². The summed E-state index contributed by atoms with van der Waals surface area (Å²) in [5, 5.41) is 4.97. The van der Waals surface area contributed by atoms with Crippen molar-refractivity contribution in [2.75, 3.05) is 19.0 Å². The van der Waals surface area contributed by atoms with Crippen LogP contribution in [0, 0.1) is 0 Å². The third-order valence-corrected chi connectivity index (χ3v) is 3.13. The monoisotopic (exact) mass is 306 g/mol. The predicted molar refractivity (Wildman–Crippen MR) is 74.5 cm³/mol. The van der Waals surface area contributed by atoms with E-state index in [0.29, 0.717) is 13.0 Å². The van der Waals surface area contributed by atoms with Gasteiger partial charge in [-0.25, -0.2) is 13.6 Å². The highest BCUT2D eigenvalue weighted by Gasteiger charge is 2.16. The first kappa shape index (κ1) is 16.7. The smallest absolute Gasteiger partial charge is 0.319 e. The Morgan fingerprint density at radius 1 is 1.45 bits per heavy atom. The minimum atomic E-state index is -2.69. The third kappa shape index (κ3) is 4.61. The van der Waals surface area contributed by atoms with Gasteiger partial charge in [-0.2, -0.15) is 0 Å². The molecule has 1 atom stereocenters. The second-order valence-electron chi connectivity index (χ2n) is 4.17. The molecule has 0 fully saturated rings. The lowest BCUT2D eigenvalue weighted by atomic mass is 10.2. The van der Waals surface area contributed by atoms with Gasteiger partial charge in [-0.3, -0.25) is 0 Å². The van der Waals surface area contributed by atoms with E-state index in [4.69, 9.17) is 16.3 Å². The molecule has 1 aromatic rings. The van der Waals surface area contributed by atoms with Gasteiger partial charge in [-0.1, -0.05) is 30.7 Å². The van der Waals surface area contributed by atoms with E-state index >= 15 is 0 Å². The fourth-order valence-electron chi connectivity index (χ4n) is 1.62. The van der Waals surface area contributed by atoms with Gasteiger partial charge >= 0.3 is 6.03 Å². The summed E-state index contributed by atoms with van der Waals surface area (Å²) in [6.07, 6.45) is -2.00. The van der Waals surface area contributed by atoms with E-state index in [0.717, 1.165) is 0 Å². The normalized spacial score (nSPS) is 12.3. The molecule has 1 aromatic carbocycles. The van der Waals surface area contributed by atoms with Crippen molar-refractivity contribution in [3.05, 3.63) is 28.8 Å². The van der Waals surface area contributed by atoms with Crippen molar-refractivity contribution in [2.24, 2.45) is 0 Å². The molecule has 0 bridgehead atoms. The van der Waals surface area contributed by atoms with Crippen LogP contribution in [-0.2, 0) is 4.74 Å². The minimum absolute atomic E-state index is 0.147. The zero-order valence-corrected chi connectivity index (χ0v) is 12.0. The largest absolute Gasteiger partial charge is 0.383 e. The van der Waals surface area contributed by atoms with Crippen LogP contribution in [-0.4, -0.2) is 25.8 Å².